The molecule has 2 N–H and O–H groups in total. The molecule has 110 valence electrons. The molecule has 0 saturated carbocycles. The highest BCUT2D eigenvalue weighted by atomic mass is 32.2. The van der Waals surface area contributed by atoms with Crippen LogP contribution in [0.25, 0.3) is 0 Å². The molecule has 0 fully saturated rings. The highest BCUT2D eigenvalue weighted by Crippen LogP contribution is 2.13. The van der Waals surface area contributed by atoms with Crippen LogP contribution >= 0.6 is 0 Å². The fraction of sp³-hybridized carbons (Fsp3) is 0.385. The molecule has 0 atom stereocenters. The van der Waals surface area contributed by atoms with Crippen molar-refractivity contribution in [2.24, 2.45) is 0 Å². The second-order valence-electron chi connectivity index (χ2n) is 4.22. The number of aryl methyl sites for hydroxylation is 1. The highest BCUT2D eigenvalue weighted by molar-refractivity contribution is 7.91. The van der Waals surface area contributed by atoms with Crippen LogP contribution in [0.4, 0.5) is 0 Å². The van der Waals surface area contributed by atoms with Crippen molar-refractivity contribution in [1.82, 2.24) is 5.32 Å². The number of nitrogens with one attached hydrogen (secondary N) is 1. The first-order valence-corrected chi connectivity index (χ1v) is 7.80. The molecule has 0 bridgehead atoms. The SMILES string of the molecule is CCS(=O)(=O)c1ccc(CCC(=O)NCC(=O)O)cc1. The van der Waals surface area contributed by atoms with Gasteiger partial charge in [-0.2, -0.15) is 0 Å². The first-order valence-electron chi connectivity index (χ1n) is 6.15. The lowest BCUT2D eigenvalue weighted by atomic mass is 10.1. The summed E-state index contributed by atoms with van der Waals surface area (Å²) in [7, 11) is -3.21. The second kappa shape index (κ2) is 7.04. The minimum atomic E-state index is -3.21. The van der Waals surface area contributed by atoms with Crippen LogP contribution in [-0.2, 0) is 25.8 Å². The number of sulfone groups is 1. The van der Waals surface area contributed by atoms with E-state index in [1.807, 2.05) is 0 Å². The summed E-state index contributed by atoms with van der Waals surface area (Å²) in [6, 6.07) is 6.35. The third-order valence-corrected chi connectivity index (χ3v) is 4.49. The van der Waals surface area contributed by atoms with Gasteiger partial charge in [0.25, 0.3) is 0 Å². The number of carboxylic acids is 1. The minimum absolute atomic E-state index is 0.0456. The largest absolute Gasteiger partial charge is 0.480 e. The Labute approximate surface area is 117 Å². The Morgan fingerprint density at radius 1 is 1.20 bits per heavy atom. The lowest BCUT2D eigenvalue weighted by molar-refractivity contribution is -0.137. The monoisotopic (exact) mass is 299 g/mol. The van der Waals surface area contributed by atoms with Gasteiger partial charge < -0.3 is 10.4 Å². The number of hydrogen-bond acceptors (Lipinski definition) is 4. The number of carbonyl (C=O) groups excluding carboxylic acids is 1. The molecule has 0 aromatic heterocycles. The van der Waals surface area contributed by atoms with Crippen LogP contribution in [0, 0.1) is 0 Å². The normalized spacial score (nSPS) is 11.1. The molecule has 1 amide bonds. The summed E-state index contributed by atoms with van der Waals surface area (Å²) in [5.41, 5.74) is 0.825. The Bertz CT molecular complexity index is 577. The zero-order valence-corrected chi connectivity index (χ0v) is 11.9. The Balaban J connectivity index is 2.54. The number of rotatable bonds is 7. The van der Waals surface area contributed by atoms with E-state index in [0.717, 1.165) is 5.56 Å². The summed E-state index contributed by atoms with van der Waals surface area (Å²) < 4.78 is 23.2. The minimum Gasteiger partial charge on any atom is -0.480 e. The van der Waals surface area contributed by atoms with E-state index in [9.17, 15) is 18.0 Å². The maximum absolute atomic E-state index is 11.6. The number of carboxylic acid groups (broad SMARTS) is 1. The summed E-state index contributed by atoms with van der Waals surface area (Å²) in [6.45, 7) is 1.18. The number of aliphatic carboxylic acids is 1. The topological polar surface area (TPSA) is 101 Å². The average Bonchev–Trinajstić information content (AvgIpc) is 2.43. The molecule has 20 heavy (non-hydrogen) atoms. The molecule has 7 heteroatoms. The standard InChI is InChI=1S/C13H17NO5S/c1-2-20(18,19)11-6-3-10(4-7-11)5-8-12(15)14-9-13(16)17/h3-4,6-7H,2,5,8-9H2,1H3,(H,14,15)(H,16,17). The van der Waals surface area contributed by atoms with Gasteiger partial charge in [0.15, 0.2) is 9.84 Å². The molecular weight excluding hydrogens is 282 g/mol. The zero-order valence-electron chi connectivity index (χ0n) is 11.1. The quantitative estimate of drug-likeness (QED) is 0.768. The fourth-order valence-corrected chi connectivity index (χ4v) is 2.43. The van der Waals surface area contributed by atoms with E-state index in [4.69, 9.17) is 5.11 Å². The first-order chi connectivity index (χ1) is 9.35. The highest BCUT2D eigenvalue weighted by Gasteiger charge is 2.11. The van der Waals surface area contributed by atoms with Crippen LogP contribution in [0.15, 0.2) is 29.2 Å². The van der Waals surface area contributed by atoms with E-state index in [-0.39, 0.29) is 23.0 Å². The molecule has 6 nitrogen and oxygen atoms in total. The molecule has 0 saturated heterocycles. The van der Waals surface area contributed by atoms with Gasteiger partial charge in [-0.25, -0.2) is 8.42 Å². The third-order valence-electron chi connectivity index (χ3n) is 2.74. The second-order valence-corrected chi connectivity index (χ2v) is 6.50. The van der Waals surface area contributed by atoms with Crippen molar-refractivity contribution in [3.05, 3.63) is 29.8 Å². The van der Waals surface area contributed by atoms with Crippen LogP contribution in [-0.4, -0.2) is 37.7 Å². The van der Waals surface area contributed by atoms with Gasteiger partial charge in [0, 0.05) is 6.42 Å². The molecule has 0 heterocycles. The van der Waals surface area contributed by atoms with Gasteiger partial charge >= 0.3 is 5.97 Å². The van der Waals surface area contributed by atoms with Crippen molar-refractivity contribution in [1.29, 1.82) is 0 Å². The van der Waals surface area contributed by atoms with E-state index >= 15 is 0 Å². The number of benzene rings is 1. The van der Waals surface area contributed by atoms with Crippen molar-refractivity contribution in [3.8, 4) is 0 Å². The summed E-state index contributed by atoms with van der Waals surface area (Å²) in [5.74, 6) is -1.39. The summed E-state index contributed by atoms with van der Waals surface area (Å²) >= 11 is 0. The molecule has 1 aromatic carbocycles. The van der Waals surface area contributed by atoms with Crippen molar-refractivity contribution < 1.29 is 23.1 Å². The van der Waals surface area contributed by atoms with Crippen molar-refractivity contribution in [2.75, 3.05) is 12.3 Å². The molecule has 0 unspecified atom stereocenters. The Kier molecular flexibility index (Phi) is 5.69. The first kappa shape index (κ1) is 16.2. The average molecular weight is 299 g/mol. The lowest BCUT2D eigenvalue weighted by Crippen LogP contribution is -2.29. The van der Waals surface area contributed by atoms with Crippen LogP contribution in [0.2, 0.25) is 0 Å². The smallest absolute Gasteiger partial charge is 0.322 e. The van der Waals surface area contributed by atoms with Crippen LogP contribution < -0.4 is 5.32 Å². The van der Waals surface area contributed by atoms with Crippen LogP contribution in [0.1, 0.15) is 18.9 Å². The number of hydrogen-bond donors (Lipinski definition) is 2. The summed E-state index contributed by atoms with van der Waals surface area (Å²) in [6.07, 6.45) is 0.588. The van der Waals surface area contributed by atoms with Crippen LogP contribution in [0.3, 0.4) is 0 Å². The predicted octanol–water partition coefficient (Wildman–Crippen LogP) is 0.614. The number of amides is 1. The molecule has 1 aromatic rings. The van der Waals surface area contributed by atoms with Gasteiger partial charge in [0.1, 0.15) is 6.54 Å². The van der Waals surface area contributed by atoms with Gasteiger partial charge in [-0.3, -0.25) is 9.59 Å². The van der Waals surface area contributed by atoms with Gasteiger partial charge in [0.05, 0.1) is 10.6 Å². The van der Waals surface area contributed by atoms with E-state index in [0.29, 0.717) is 6.42 Å². The van der Waals surface area contributed by atoms with Crippen molar-refractivity contribution in [2.45, 2.75) is 24.7 Å². The summed E-state index contributed by atoms with van der Waals surface area (Å²) in [5, 5.41) is 10.7. The Hall–Kier alpha value is -1.89. The predicted molar refractivity (Wildman–Crippen MR) is 73.1 cm³/mol. The molecule has 0 aliphatic carbocycles. The molecule has 0 radical (unpaired) electrons. The maximum Gasteiger partial charge on any atom is 0.322 e. The fourth-order valence-electron chi connectivity index (χ4n) is 1.55. The molecular formula is C13H17NO5S. The molecule has 0 spiro atoms. The van der Waals surface area contributed by atoms with Crippen LogP contribution in [0.5, 0.6) is 0 Å². The van der Waals surface area contributed by atoms with E-state index < -0.39 is 22.4 Å². The zero-order chi connectivity index (χ0) is 15.2. The molecule has 0 aliphatic heterocycles. The van der Waals surface area contributed by atoms with Crippen molar-refractivity contribution >= 4 is 21.7 Å². The van der Waals surface area contributed by atoms with Crippen molar-refractivity contribution in [3.63, 3.8) is 0 Å². The van der Waals surface area contributed by atoms with E-state index in [2.05, 4.69) is 5.32 Å². The van der Waals surface area contributed by atoms with Gasteiger partial charge in [0.2, 0.25) is 5.91 Å². The summed E-state index contributed by atoms with van der Waals surface area (Å²) in [4.78, 5) is 21.9. The maximum atomic E-state index is 11.6. The van der Waals surface area contributed by atoms with Gasteiger partial charge in [-0.15, -0.1) is 0 Å². The molecule has 1 rings (SSSR count). The Morgan fingerprint density at radius 3 is 2.30 bits per heavy atom. The number of carbonyl (C=O) groups is 2. The Morgan fingerprint density at radius 2 is 1.80 bits per heavy atom. The molecule has 0 aliphatic rings. The third kappa shape index (κ3) is 5.00. The van der Waals surface area contributed by atoms with Gasteiger partial charge in [-0.1, -0.05) is 19.1 Å². The van der Waals surface area contributed by atoms with Gasteiger partial charge in [-0.05, 0) is 24.1 Å². The van der Waals surface area contributed by atoms with E-state index in [1.54, 1.807) is 19.1 Å². The lowest BCUT2D eigenvalue weighted by Gasteiger charge is -2.05. The van der Waals surface area contributed by atoms with E-state index in [1.165, 1.54) is 12.1 Å².